The average Bonchev–Trinajstić information content (AvgIpc) is 3.45. The number of thiazole rings is 1. The van der Waals surface area contributed by atoms with Gasteiger partial charge in [0.2, 0.25) is 0 Å². The van der Waals surface area contributed by atoms with Crippen LogP contribution < -0.4 is 4.90 Å². The van der Waals surface area contributed by atoms with Gasteiger partial charge in [-0.05, 0) is 49.9 Å². The van der Waals surface area contributed by atoms with Crippen molar-refractivity contribution in [3.63, 3.8) is 0 Å². The number of nitrogens with zero attached hydrogens (tertiary/aromatic N) is 3. The Hall–Kier alpha value is -3.21. The molecule has 212 valence electrons. The zero-order chi connectivity index (χ0) is 28.4. The number of esters is 1. The third-order valence-corrected chi connectivity index (χ3v) is 9.83. The number of carbonyl (C=O) groups is 2. The summed E-state index contributed by atoms with van der Waals surface area (Å²) in [5.41, 5.74) is 1.77. The summed E-state index contributed by atoms with van der Waals surface area (Å²) in [6.45, 7) is 0. The molecule has 4 aromatic rings. The number of piperidine rings is 1. The number of aromatic nitrogens is 2. The van der Waals surface area contributed by atoms with Crippen molar-refractivity contribution in [2.24, 2.45) is 0 Å². The van der Waals surface area contributed by atoms with E-state index in [9.17, 15) is 19.1 Å². The molecule has 7 rings (SSSR count). The van der Waals surface area contributed by atoms with E-state index in [2.05, 4.69) is 15.0 Å². The minimum atomic E-state index is -1.18. The van der Waals surface area contributed by atoms with Crippen molar-refractivity contribution in [2.45, 2.75) is 69.1 Å². The number of carboxylic acids is 1. The fraction of sp³-hybridized carbons (Fsp3) is 0.379. The predicted octanol–water partition coefficient (Wildman–Crippen LogP) is 7.26. The second kappa shape index (κ2) is 10.3. The van der Waals surface area contributed by atoms with E-state index in [0.717, 1.165) is 31.7 Å². The number of benzene rings is 2. The van der Waals surface area contributed by atoms with Gasteiger partial charge in [-0.1, -0.05) is 45.8 Å². The molecule has 4 heterocycles. The van der Waals surface area contributed by atoms with Gasteiger partial charge in [-0.25, -0.2) is 14.2 Å². The Morgan fingerprint density at radius 3 is 2.49 bits per heavy atom. The van der Waals surface area contributed by atoms with E-state index >= 15 is 0 Å². The highest BCUT2D eigenvalue weighted by atomic mass is 35.5. The Morgan fingerprint density at radius 2 is 1.83 bits per heavy atom. The quantitative estimate of drug-likeness (QED) is 0.217. The third kappa shape index (κ3) is 4.85. The first-order chi connectivity index (χ1) is 19.8. The van der Waals surface area contributed by atoms with Crippen LogP contribution in [0.1, 0.15) is 66.1 Å². The molecule has 2 aliphatic heterocycles. The molecule has 3 atom stereocenters. The summed E-state index contributed by atoms with van der Waals surface area (Å²) < 4.78 is 26.8. The van der Waals surface area contributed by atoms with Crippen LogP contribution in [-0.4, -0.2) is 45.4 Å². The summed E-state index contributed by atoms with van der Waals surface area (Å²) in [4.78, 5) is 31.4. The van der Waals surface area contributed by atoms with Crippen molar-refractivity contribution in [1.82, 2.24) is 10.1 Å². The molecule has 0 amide bonds. The van der Waals surface area contributed by atoms with Gasteiger partial charge in [0.15, 0.2) is 10.9 Å². The molecule has 12 heteroatoms. The molecule has 0 radical (unpaired) electrons. The van der Waals surface area contributed by atoms with Gasteiger partial charge in [-0.15, -0.1) is 0 Å². The van der Waals surface area contributed by atoms with Crippen molar-refractivity contribution in [2.75, 3.05) is 4.90 Å². The van der Waals surface area contributed by atoms with Gasteiger partial charge in [0, 0.05) is 42.0 Å². The average molecular weight is 616 g/mol. The first-order valence-corrected chi connectivity index (χ1v) is 15.1. The number of hydrogen-bond donors (Lipinski definition) is 1. The van der Waals surface area contributed by atoms with Crippen molar-refractivity contribution in [1.29, 1.82) is 0 Å². The predicted molar refractivity (Wildman–Crippen MR) is 153 cm³/mol. The third-order valence-electron chi connectivity index (χ3n) is 8.18. The number of aromatic carboxylic acids is 1. The second-order valence-electron chi connectivity index (χ2n) is 10.9. The SMILES string of the molecule is O=C(Cc1c(-c2c(Cl)cccc2Cl)noc1C1CC1)O[C@H]1C[C@H]2CC[C@@H](C1)N2c1nc2c(F)cc(C(=O)O)cc2s1. The smallest absolute Gasteiger partial charge is 0.335 e. The van der Waals surface area contributed by atoms with E-state index in [4.69, 9.17) is 32.5 Å². The molecular formula is C29H24Cl2FN3O5S. The minimum Gasteiger partial charge on any atom is -0.478 e. The van der Waals surface area contributed by atoms with Crippen LogP contribution in [0.25, 0.3) is 21.5 Å². The van der Waals surface area contributed by atoms with Gasteiger partial charge < -0.3 is 19.3 Å². The Labute approximate surface area is 248 Å². The lowest BCUT2D eigenvalue weighted by Crippen LogP contribution is -2.46. The van der Waals surface area contributed by atoms with E-state index < -0.39 is 11.8 Å². The summed E-state index contributed by atoms with van der Waals surface area (Å²) in [6, 6.07) is 7.85. The number of carboxylic acid groups (broad SMARTS) is 1. The zero-order valence-corrected chi connectivity index (χ0v) is 23.9. The lowest BCUT2D eigenvalue weighted by molar-refractivity contribution is -0.149. The normalized spacial score (nSPS) is 21.9. The largest absolute Gasteiger partial charge is 0.478 e. The van der Waals surface area contributed by atoms with E-state index in [0.29, 0.717) is 55.3 Å². The molecule has 41 heavy (non-hydrogen) atoms. The lowest BCUT2D eigenvalue weighted by Gasteiger charge is -2.38. The molecule has 1 aliphatic carbocycles. The van der Waals surface area contributed by atoms with E-state index in [1.54, 1.807) is 18.2 Å². The number of rotatable bonds is 7. The van der Waals surface area contributed by atoms with Crippen LogP contribution in [0.4, 0.5) is 9.52 Å². The standard InChI is InChI=1S/C29H24Cl2FN3O5S/c30-19-2-1-3-20(31)24(19)25-18(27(40-34-25)13-4-5-13)12-23(36)39-17-10-15-6-7-16(11-17)35(15)29-33-26-21(32)8-14(28(37)38)9-22(26)41-29/h1-3,8-9,13,15-17H,4-7,10-12H2,(H,37,38)/t15-,16+,17+. The van der Waals surface area contributed by atoms with Crippen molar-refractivity contribution in [3.05, 3.63) is 63.1 Å². The molecule has 0 unspecified atom stereocenters. The maximum Gasteiger partial charge on any atom is 0.335 e. The zero-order valence-electron chi connectivity index (χ0n) is 21.6. The fourth-order valence-electron chi connectivity index (χ4n) is 6.20. The number of carbonyl (C=O) groups excluding carboxylic acids is 1. The van der Waals surface area contributed by atoms with Gasteiger partial charge in [0.1, 0.15) is 23.1 Å². The van der Waals surface area contributed by atoms with Crippen LogP contribution in [-0.2, 0) is 16.0 Å². The highest BCUT2D eigenvalue weighted by Gasteiger charge is 2.44. The van der Waals surface area contributed by atoms with Crippen LogP contribution in [0.3, 0.4) is 0 Å². The van der Waals surface area contributed by atoms with Crippen molar-refractivity contribution < 1.29 is 28.3 Å². The number of halogens is 3. The Kier molecular flexibility index (Phi) is 6.67. The monoisotopic (exact) mass is 615 g/mol. The second-order valence-corrected chi connectivity index (χ2v) is 12.7. The van der Waals surface area contributed by atoms with Crippen LogP contribution in [0.2, 0.25) is 10.0 Å². The van der Waals surface area contributed by atoms with Crippen LogP contribution in [0.5, 0.6) is 0 Å². The molecule has 1 N–H and O–H groups in total. The molecule has 2 aromatic heterocycles. The summed E-state index contributed by atoms with van der Waals surface area (Å²) in [7, 11) is 0. The van der Waals surface area contributed by atoms with Crippen LogP contribution in [0, 0.1) is 5.82 Å². The topological polar surface area (TPSA) is 106 Å². The first-order valence-electron chi connectivity index (χ1n) is 13.5. The van der Waals surface area contributed by atoms with Gasteiger partial charge in [0.25, 0.3) is 0 Å². The van der Waals surface area contributed by atoms with Crippen LogP contribution >= 0.6 is 34.5 Å². The number of fused-ring (bicyclic) bond motifs is 3. The molecule has 3 aliphatic rings. The Balaban J connectivity index is 1.08. The van der Waals surface area contributed by atoms with E-state index in [1.807, 2.05) is 0 Å². The van der Waals surface area contributed by atoms with Gasteiger partial charge in [-0.2, -0.15) is 0 Å². The van der Waals surface area contributed by atoms with Gasteiger partial charge in [-0.3, -0.25) is 4.79 Å². The summed E-state index contributed by atoms with van der Waals surface area (Å²) >= 11 is 14.2. The molecule has 8 nitrogen and oxygen atoms in total. The summed E-state index contributed by atoms with van der Waals surface area (Å²) in [5.74, 6) is -1.27. The molecule has 2 aromatic carbocycles. The van der Waals surface area contributed by atoms with Crippen molar-refractivity contribution in [3.8, 4) is 11.3 Å². The summed E-state index contributed by atoms with van der Waals surface area (Å²) in [5, 5.41) is 15.1. The first kappa shape index (κ1) is 26.7. The lowest BCUT2D eigenvalue weighted by atomic mass is 9.99. The highest BCUT2D eigenvalue weighted by molar-refractivity contribution is 7.22. The van der Waals surface area contributed by atoms with E-state index in [-0.39, 0.29) is 47.6 Å². The highest BCUT2D eigenvalue weighted by Crippen LogP contribution is 2.47. The van der Waals surface area contributed by atoms with Gasteiger partial charge in [0.05, 0.1) is 26.7 Å². The minimum absolute atomic E-state index is 0.00479. The maximum absolute atomic E-state index is 14.6. The number of anilines is 1. The Morgan fingerprint density at radius 1 is 1.12 bits per heavy atom. The molecular weight excluding hydrogens is 592 g/mol. The fourth-order valence-corrected chi connectivity index (χ4v) is 7.94. The molecule has 2 bridgehead atoms. The maximum atomic E-state index is 14.6. The molecule has 1 saturated carbocycles. The van der Waals surface area contributed by atoms with Gasteiger partial charge >= 0.3 is 11.9 Å². The van der Waals surface area contributed by atoms with E-state index in [1.165, 1.54) is 17.4 Å². The number of hydrogen-bond acceptors (Lipinski definition) is 8. The summed E-state index contributed by atoms with van der Waals surface area (Å²) in [6.07, 6.45) is 4.76. The van der Waals surface area contributed by atoms with Crippen molar-refractivity contribution >= 4 is 61.8 Å². The Bertz CT molecular complexity index is 1670. The van der Waals surface area contributed by atoms with Crippen LogP contribution in [0.15, 0.2) is 34.9 Å². The number of ether oxygens (including phenoxy) is 1. The molecule has 2 saturated heterocycles. The molecule has 3 fully saturated rings. The molecule has 0 spiro atoms.